The fourth-order valence-corrected chi connectivity index (χ4v) is 1.91. The van der Waals surface area contributed by atoms with Crippen molar-refractivity contribution >= 4 is 0 Å². The summed E-state index contributed by atoms with van der Waals surface area (Å²) in [6.07, 6.45) is 1.98. The molecular formula is C15H21N3O. The third-order valence-electron chi connectivity index (χ3n) is 2.98. The van der Waals surface area contributed by atoms with Crippen molar-refractivity contribution in [1.82, 2.24) is 15.1 Å². The maximum Gasteiger partial charge on any atom is 0.121 e. The monoisotopic (exact) mass is 259 g/mol. The van der Waals surface area contributed by atoms with Crippen LogP contribution in [0.4, 0.5) is 0 Å². The van der Waals surface area contributed by atoms with Crippen LogP contribution in [0.3, 0.4) is 0 Å². The van der Waals surface area contributed by atoms with Gasteiger partial charge in [-0.25, -0.2) is 4.68 Å². The number of hydrogen-bond donors (Lipinski definition) is 1. The van der Waals surface area contributed by atoms with E-state index in [1.54, 1.807) is 7.11 Å². The molecule has 0 aliphatic rings. The Morgan fingerprint density at radius 1 is 1.32 bits per heavy atom. The third kappa shape index (κ3) is 3.35. The van der Waals surface area contributed by atoms with E-state index in [1.165, 1.54) is 0 Å². The molecule has 0 radical (unpaired) electrons. The first-order chi connectivity index (χ1) is 9.10. The van der Waals surface area contributed by atoms with Crippen molar-refractivity contribution in [2.75, 3.05) is 7.11 Å². The number of nitrogens with one attached hydrogen (secondary N) is 1. The molecule has 19 heavy (non-hydrogen) atoms. The van der Waals surface area contributed by atoms with E-state index in [4.69, 9.17) is 4.74 Å². The molecule has 0 unspecified atom stereocenters. The molecule has 0 aliphatic carbocycles. The molecule has 1 N–H and O–H groups in total. The lowest BCUT2D eigenvalue weighted by Gasteiger charge is -2.08. The highest BCUT2D eigenvalue weighted by atomic mass is 16.5. The molecule has 0 spiro atoms. The van der Waals surface area contributed by atoms with E-state index in [0.717, 1.165) is 29.2 Å². The molecule has 0 amide bonds. The van der Waals surface area contributed by atoms with E-state index in [2.05, 4.69) is 30.3 Å². The Hall–Kier alpha value is -1.81. The lowest BCUT2D eigenvalue weighted by atomic mass is 10.2. The number of benzene rings is 1. The number of aryl methyl sites for hydroxylation is 1. The zero-order valence-corrected chi connectivity index (χ0v) is 12.0. The Bertz CT molecular complexity index is 546. The van der Waals surface area contributed by atoms with Gasteiger partial charge in [-0.05, 0) is 36.8 Å². The van der Waals surface area contributed by atoms with Gasteiger partial charge >= 0.3 is 0 Å². The van der Waals surface area contributed by atoms with E-state index in [9.17, 15) is 0 Å². The topological polar surface area (TPSA) is 39.1 Å². The van der Waals surface area contributed by atoms with Crippen LogP contribution in [0.15, 0.2) is 30.5 Å². The zero-order valence-electron chi connectivity index (χ0n) is 12.0. The zero-order chi connectivity index (χ0) is 13.8. The van der Waals surface area contributed by atoms with E-state index in [0.29, 0.717) is 6.04 Å². The minimum Gasteiger partial charge on any atom is -0.496 e. The minimum atomic E-state index is 0.466. The average molecular weight is 259 g/mol. The fraction of sp³-hybridized carbons (Fsp3) is 0.400. The van der Waals surface area contributed by atoms with Crippen molar-refractivity contribution in [3.8, 4) is 11.4 Å². The van der Waals surface area contributed by atoms with Crippen LogP contribution >= 0.6 is 0 Å². The van der Waals surface area contributed by atoms with Gasteiger partial charge in [-0.15, -0.1) is 0 Å². The highest BCUT2D eigenvalue weighted by molar-refractivity contribution is 5.43. The average Bonchev–Trinajstić information content (AvgIpc) is 2.85. The summed E-state index contributed by atoms with van der Waals surface area (Å²) >= 11 is 0. The smallest absolute Gasteiger partial charge is 0.121 e. The second-order valence-electron chi connectivity index (χ2n) is 4.94. The van der Waals surface area contributed by atoms with Crippen molar-refractivity contribution in [1.29, 1.82) is 0 Å². The molecule has 0 atom stereocenters. The van der Waals surface area contributed by atoms with Gasteiger partial charge in [0.25, 0.3) is 0 Å². The van der Waals surface area contributed by atoms with Gasteiger partial charge in [-0.3, -0.25) is 0 Å². The summed E-state index contributed by atoms with van der Waals surface area (Å²) in [5.41, 5.74) is 3.20. The lowest BCUT2D eigenvalue weighted by Crippen LogP contribution is -2.22. The first-order valence-electron chi connectivity index (χ1n) is 6.53. The Labute approximate surface area is 114 Å². The molecule has 0 fully saturated rings. The van der Waals surface area contributed by atoms with Crippen LogP contribution in [0.2, 0.25) is 0 Å². The Morgan fingerprint density at radius 3 is 2.74 bits per heavy atom. The van der Waals surface area contributed by atoms with Gasteiger partial charge in [-0.2, -0.15) is 5.10 Å². The van der Waals surface area contributed by atoms with Crippen LogP contribution in [0, 0.1) is 6.92 Å². The van der Waals surface area contributed by atoms with E-state index < -0.39 is 0 Å². The predicted molar refractivity (Wildman–Crippen MR) is 76.8 cm³/mol. The van der Waals surface area contributed by atoms with Crippen LogP contribution in [0.25, 0.3) is 5.69 Å². The summed E-state index contributed by atoms with van der Waals surface area (Å²) in [6, 6.07) is 8.56. The summed E-state index contributed by atoms with van der Waals surface area (Å²) in [4.78, 5) is 0. The summed E-state index contributed by atoms with van der Waals surface area (Å²) in [5, 5.41) is 7.92. The van der Waals surface area contributed by atoms with Gasteiger partial charge in [0.1, 0.15) is 5.75 Å². The van der Waals surface area contributed by atoms with Crippen LogP contribution in [-0.2, 0) is 6.54 Å². The molecule has 2 rings (SSSR count). The highest BCUT2D eigenvalue weighted by Gasteiger charge is 2.04. The number of ether oxygens (including phenoxy) is 1. The maximum atomic E-state index is 5.27. The van der Waals surface area contributed by atoms with Gasteiger partial charge in [0.05, 0.1) is 18.5 Å². The van der Waals surface area contributed by atoms with Gasteiger partial charge in [0, 0.05) is 18.8 Å². The number of hydrogen-bond acceptors (Lipinski definition) is 3. The van der Waals surface area contributed by atoms with E-state index >= 15 is 0 Å². The molecule has 0 saturated carbocycles. The first kappa shape index (κ1) is 13.6. The molecule has 1 aromatic carbocycles. The van der Waals surface area contributed by atoms with E-state index in [-0.39, 0.29) is 0 Å². The molecule has 0 bridgehead atoms. The molecule has 2 aromatic rings. The van der Waals surface area contributed by atoms with Crippen LogP contribution in [0.1, 0.15) is 25.1 Å². The van der Waals surface area contributed by atoms with Gasteiger partial charge in [-0.1, -0.05) is 13.8 Å². The number of nitrogens with zero attached hydrogens (tertiary/aromatic N) is 2. The molecule has 1 aromatic heterocycles. The Kier molecular flexibility index (Phi) is 4.22. The SMILES string of the molecule is COc1ccc(-n2ccc(CNC(C)C)n2)cc1C. The van der Waals surface area contributed by atoms with Crippen molar-refractivity contribution in [2.45, 2.75) is 33.4 Å². The van der Waals surface area contributed by atoms with Gasteiger partial charge < -0.3 is 10.1 Å². The third-order valence-corrected chi connectivity index (χ3v) is 2.98. The second kappa shape index (κ2) is 5.89. The van der Waals surface area contributed by atoms with Crippen molar-refractivity contribution in [3.05, 3.63) is 41.7 Å². The van der Waals surface area contributed by atoms with Crippen molar-refractivity contribution in [2.24, 2.45) is 0 Å². The van der Waals surface area contributed by atoms with Crippen molar-refractivity contribution < 1.29 is 4.74 Å². The molecule has 4 nitrogen and oxygen atoms in total. The summed E-state index contributed by atoms with van der Waals surface area (Å²) in [6.45, 7) is 7.08. The fourth-order valence-electron chi connectivity index (χ4n) is 1.91. The first-order valence-corrected chi connectivity index (χ1v) is 6.53. The maximum absolute atomic E-state index is 5.27. The van der Waals surface area contributed by atoms with E-state index in [1.807, 2.05) is 36.0 Å². The van der Waals surface area contributed by atoms with Crippen LogP contribution in [-0.4, -0.2) is 22.9 Å². The Morgan fingerprint density at radius 2 is 2.11 bits per heavy atom. The number of aromatic nitrogens is 2. The van der Waals surface area contributed by atoms with Crippen LogP contribution < -0.4 is 10.1 Å². The standard InChI is InChI=1S/C15H21N3O/c1-11(2)16-10-13-7-8-18(17-13)14-5-6-15(19-4)12(3)9-14/h5-9,11,16H,10H2,1-4H3. The summed E-state index contributed by atoms with van der Waals surface area (Å²) < 4.78 is 7.16. The molecule has 0 saturated heterocycles. The Balaban J connectivity index is 2.16. The molecule has 0 aliphatic heterocycles. The summed E-state index contributed by atoms with van der Waals surface area (Å²) in [5.74, 6) is 0.901. The predicted octanol–water partition coefficient (Wildman–Crippen LogP) is 2.69. The number of methoxy groups -OCH3 is 1. The second-order valence-corrected chi connectivity index (χ2v) is 4.94. The highest BCUT2D eigenvalue weighted by Crippen LogP contribution is 2.20. The largest absolute Gasteiger partial charge is 0.496 e. The number of rotatable bonds is 5. The quantitative estimate of drug-likeness (QED) is 0.897. The molecular weight excluding hydrogens is 238 g/mol. The molecule has 102 valence electrons. The minimum absolute atomic E-state index is 0.466. The van der Waals surface area contributed by atoms with Gasteiger partial charge in [0.2, 0.25) is 0 Å². The normalized spacial score (nSPS) is 11.0. The lowest BCUT2D eigenvalue weighted by molar-refractivity contribution is 0.411. The molecule has 4 heteroatoms. The molecule has 1 heterocycles. The van der Waals surface area contributed by atoms with Gasteiger partial charge in [0.15, 0.2) is 0 Å². The summed E-state index contributed by atoms with van der Waals surface area (Å²) in [7, 11) is 1.69. The van der Waals surface area contributed by atoms with Crippen molar-refractivity contribution in [3.63, 3.8) is 0 Å². The van der Waals surface area contributed by atoms with Crippen LogP contribution in [0.5, 0.6) is 5.75 Å².